The lowest BCUT2D eigenvalue weighted by Crippen LogP contribution is -2.46. The Balaban J connectivity index is 2.51. The van der Waals surface area contributed by atoms with E-state index in [2.05, 4.69) is 0 Å². The number of nitrogens with zero attached hydrogens (tertiary/aromatic N) is 1. The molecule has 0 saturated carbocycles. The Morgan fingerprint density at radius 3 is 2.25 bits per heavy atom. The summed E-state index contributed by atoms with van der Waals surface area (Å²) >= 11 is 6.34. The Kier molecular flexibility index (Phi) is 4.98. The molecule has 5 nitrogen and oxygen atoms in total. The summed E-state index contributed by atoms with van der Waals surface area (Å²) in [4.78, 5) is 25.3. The second-order valence-electron chi connectivity index (χ2n) is 7.91. The van der Waals surface area contributed by atoms with Gasteiger partial charge in [0, 0.05) is 11.1 Å². The number of pyridine rings is 1. The molecular weight excluding hydrogens is 376 g/mol. The Hall–Kier alpha value is -2.79. The second kappa shape index (κ2) is 6.99. The molecule has 1 heterocycles. The van der Waals surface area contributed by atoms with Gasteiger partial charge in [-0.1, -0.05) is 62.7 Å². The molecule has 146 valence electrons. The Labute approximate surface area is 168 Å². The van der Waals surface area contributed by atoms with Gasteiger partial charge in [0.2, 0.25) is 0 Å². The van der Waals surface area contributed by atoms with E-state index in [0.29, 0.717) is 27.2 Å². The number of fused-ring (bicyclic) bond motifs is 1. The minimum atomic E-state index is -1.18. The van der Waals surface area contributed by atoms with Crippen molar-refractivity contribution in [1.29, 1.82) is 0 Å². The zero-order valence-electron chi connectivity index (χ0n) is 16.3. The Morgan fingerprint density at radius 2 is 1.68 bits per heavy atom. The molecule has 28 heavy (non-hydrogen) atoms. The molecule has 3 aromatic rings. The Morgan fingerprint density at radius 1 is 1.04 bits per heavy atom. The highest BCUT2D eigenvalue weighted by Crippen LogP contribution is 2.43. The van der Waals surface area contributed by atoms with Crippen molar-refractivity contribution in [3.8, 4) is 5.69 Å². The van der Waals surface area contributed by atoms with E-state index in [4.69, 9.17) is 22.1 Å². The van der Waals surface area contributed by atoms with Crippen molar-refractivity contribution in [2.75, 3.05) is 0 Å². The van der Waals surface area contributed by atoms with Crippen LogP contribution in [-0.2, 0) is 10.3 Å². The lowest BCUT2D eigenvalue weighted by Gasteiger charge is -2.42. The number of hydrogen-bond acceptors (Lipinski definition) is 3. The predicted molar refractivity (Wildman–Crippen MR) is 112 cm³/mol. The quantitative estimate of drug-likeness (QED) is 0.674. The van der Waals surface area contributed by atoms with Crippen LogP contribution < -0.4 is 11.3 Å². The normalized spacial score (nSPS) is 13.9. The first-order valence-corrected chi connectivity index (χ1v) is 9.32. The van der Waals surface area contributed by atoms with Gasteiger partial charge in [0.15, 0.2) is 5.60 Å². The molecule has 6 heteroatoms. The second-order valence-corrected chi connectivity index (χ2v) is 8.32. The van der Waals surface area contributed by atoms with E-state index in [1.54, 1.807) is 23.6 Å². The molecule has 1 aromatic heterocycles. The van der Waals surface area contributed by atoms with E-state index in [9.17, 15) is 9.59 Å². The smallest absolute Gasteiger partial charge is 0.405 e. The van der Waals surface area contributed by atoms with Gasteiger partial charge in [0.25, 0.3) is 5.56 Å². The molecule has 2 N–H and O–H groups in total. The first-order valence-electron chi connectivity index (χ1n) is 8.95. The maximum Gasteiger partial charge on any atom is 0.405 e. The van der Waals surface area contributed by atoms with Crippen molar-refractivity contribution in [3.63, 3.8) is 0 Å². The summed E-state index contributed by atoms with van der Waals surface area (Å²) in [6, 6.07) is 16.3. The fourth-order valence-electron chi connectivity index (χ4n) is 3.30. The first-order chi connectivity index (χ1) is 13.1. The number of carbonyl (C=O) groups excluding carboxylic acids is 1. The van der Waals surface area contributed by atoms with Crippen LogP contribution in [0.3, 0.4) is 0 Å². The molecule has 0 bridgehead atoms. The number of primary amides is 1. The van der Waals surface area contributed by atoms with Crippen LogP contribution in [0.4, 0.5) is 4.79 Å². The topological polar surface area (TPSA) is 74.3 Å². The van der Waals surface area contributed by atoms with Crippen LogP contribution in [0.15, 0.2) is 59.4 Å². The summed E-state index contributed by atoms with van der Waals surface area (Å²) in [6.07, 6.45) is -0.907. The molecule has 0 aliphatic carbocycles. The van der Waals surface area contributed by atoms with Crippen LogP contribution in [-0.4, -0.2) is 10.7 Å². The predicted octanol–water partition coefficient (Wildman–Crippen LogP) is 5.00. The highest BCUT2D eigenvalue weighted by molar-refractivity contribution is 6.35. The van der Waals surface area contributed by atoms with Crippen LogP contribution >= 0.6 is 11.6 Å². The summed E-state index contributed by atoms with van der Waals surface area (Å²) in [7, 11) is 0. The van der Waals surface area contributed by atoms with Gasteiger partial charge in [-0.25, -0.2) is 4.79 Å². The highest BCUT2D eigenvalue weighted by Gasteiger charge is 2.45. The molecule has 0 saturated heterocycles. The summed E-state index contributed by atoms with van der Waals surface area (Å²) in [5.41, 5.74) is 4.55. The summed E-state index contributed by atoms with van der Waals surface area (Å²) in [5.74, 6) is 0. The third-order valence-electron chi connectivity index (χ3n) is 5.23. The minimum absolute atomic E-state index is 0.284. The van der Waals surface area contributed by atoms with E-state index < -0.39 is 17.1 Å². The molecule has 0 aliphatic heterocycles. The van der Waals surface area contributed by atoms with Crippen molar-refractivity contribution >= 4 is 28.5 Å². The van der Waals surface area contributed by atoms with E-state index in [-0.39, 0.29) is 5.56 Å². The van der Waals surface area contributed by atoms with Gasteiger partial charge < -0.3 is 10.5 Å². The maximum absolute atomic E-state index is 13.5. The van der Waals surface area contributed by atoms with Gasteiger partial charge in [-0.2, -0.15) is 0 Å². The molecule has 3 rings (SSSR count). The van der Waals surface area contributed by atoms with Gasteiger partial charge in [-0.05, 0) is 36.6 Å². The molecular formula is C22H23ClN2O3. The minimum Gasteiger partial charge on any atom is -0.436 e. The summed E-state index contributed by atoms with van der Waals surface area (Å²) in [5, 5.41) is 1.45. The molecule has 0 spiro atoms. The number of carbonyl (C=O) groups is 1. The molecule has 2 aromatic carbocycles. The SMILES string of the molecule is CC(C)(C)C(C)(OC(N)=O)c1cc2cccc(Cl)c2c(=O)n1-c1ccccc1. The average Bonchev–Trinajstić information content (AvgIpc) is 2.60. The van der Waals surface area contributed by atoms with Crippen LogP contribution in [0.2, 0.25) is 5.02 Å². The third-order valence-corrected chi connectivity index (χ3v) is 5.55. The monoisotopic (exact) mass is 398 g/mol. The van der Waals surface area contributed by atoms with E-state index >= 15 is 0 Å². The largest absolute Gasteiger partial charge is 0.436 e. The molecule has 1 amide bonds. The van der Waals surface area contributed by atoms with Gasteiger partial charge in [-0.3, -0.25) is 9.36 Å². The summed E-state index contributed by atoms with van der Waals surface area (Å²) < 4.78 is 7.17. The van der Waals surface area contributed by atoms with Gasteiger partial charge in [0.05, 0.1) is 16.1 Å². The van der Waals surface area contributed by atoms with Gasteiger partial charge in [0.1, 0.15) is 0 Å². The van der Waals surface area contributed by atoms with E-state index in [1.807, 2.05) is 63.2 Å². The van der Waals surface area contributed by atoms with Crippen molar-refractivity contribution in [1.82, 2.24) is 4.57 Å². The van der Waals surface area contributed by atoms with Crippen LogP contribution in [0.5, 0.6) is 0 Å². The van der Waals surface area contributed by atoms with E-state index in [1.165, 1.54) is 0 Å². The number of hydrogen-bond donors (Lipinski definition) is 1. The number of benzene rings is 2. The molecule has 1 atom stereocenters. The lowest BCUT2D eigenvalue weighted by molar-refractivity contribution is -0.0606. The number of para-hydroxylation sites is 1. The van der Waals surface area contributed by atoms with Crippen molar-refractivity contribution in [3.05, 3.63) is 75.7 Å². The van der Waals surface area contributed by atoms with Crippen LogP contribution in [0.25, 0.3) is 16.5 Å². The number of ether oxygens (including phenoxy) is 1. The Bertz CT molecular complexity index is 1100. The standard InChI is InChI=1S/C22H23ClN2O3/c1-21(2,3)22(4,28-20(24)27)17-13-14-9-8-12-16(23)18(14)19(26)25(17)15-10-6-5-7-11-15/h5-13H,1-4H3,(H2,24,27). The van der Waals surface area contributed by atoms with Gasteiger partial charge >= 0.3 is 6.09 Å². The lowest BCUT2D eigenvalue weighted by atomic mass is 9.74. The van der Waals surface area contributed by atoms with Gasteiger partial charge in [-0.15, -0.1) is 0 Å². The number of rotatable bonds is 3. The average molecular weight is 399 g/mol. The van der Waals surface area contributed by atoms with Crippen LogP contribution in [0, 0.1) is 5.41 Å². The summed E-state index contributed by atoms with van der Waals surface area (Å²) in [6.45, 7) is 7.55. The fraction of sp³-hybridized carbons (Fsp3) is 0.273. The highest BCUT2D eigenvalue weighted by atomic mass is 35.5. The van der Waals surface area contributed by atoms with Crippen molar-refractivity contribution < 1.29 is 9.53 Å². The molecule has 0 aliphatic rings. The number of nitrogens with two attached hydrogens (primary N) is 1. The van der Waals surface area contributed by atoms with Crippen LogP contribution in [0.1, 0.15) is 33.4 Å². The number of halogens is 1. The molecule has 1 unspecified atom stereocenters. The number of amides is 1. The van der Waals surface area contributed by atoms with E-state index in [0.717, 1.165) is 0 Å². The first kappa shape index (κ1) is 20.0. The fourth-order valence-corrected chi connectivity index (χ4v) is 3.56. The third kappa shape index (κ3) is 3.27. The molecule has 0 radical (unpaired) electrons. The van der Waals surface area contributed by atoms with Crippen molar-refractivity contribution in [2.45, 2.75) is 33.3 Å². The molecule has 0 fully saturated rings. The number of aromatic nitrogens is 1. The van der Waals surface area contributed by atoms with Crippen molar-refractivity contribution in [2.24, 2.45) is 11.1 Å². The zero-order valence-corrected chi connectivity index (χ0v) is 17.1. The zero-order chi connectivity index (χ0) is 20.7. The maximum atomic E-state index is 13.5.